The zero-order valence-electron chi connectivity index (χ0n) is 10.3. The first-order chi connectivity index (χ1) is 7.31. The van der Waals surface area contributed by atoms with Crippen LogP contribution in [-0.2, 0) is 0 Å². The van der Waals surface area contributed by atoms with Crippen molar-refractivity contribution < 1.29 is 5.11 Å². The zero-order valence-corrected chi connectivity index (χ0v) is 10.3. The third kappa shape index (κ3) is 0.807. The summed E-state index contributed by atoms with van der Waals surface area (Å²) in [5.41, 5.74) is 2.58. The summed E-state index contributed by atoms with van der Waals surface area (Å²) in [6.45, 7) is 8.92. The van der Waals surface area contributed by atoms with E-state index in [-0.39, 0.29) is 16.2 Å². The van der Waals surface area contributed by atoms with Crippen molar-refractivity contribution >= 4 is 0 Å². The molecule has 2 bridgehead atoms. The highest BCUT2D eigenvalue weighted by Crippen LogP contribution is 2.67. The van der Waals surface area contributed by atoms with E-state index in [1.54, 1.807) is 0 Å². The molecular weight excluding hydrogens is 196 g/mol. The van der Waals surface area contributed by atoms with E-state index in [4.69, 9.17) is 0 Å². The van der Waals surface area contributed by atoms with Gasteiger partial charge in [-0.25, -0.2) is 0 Å². The summed E-state index contributed by atoms with van der Waals surface area (Å²) in [4.78, 5) is 0. The van der Waals surface area contributed by atoms with E-state index < -0.39 is 0 Å². The maximum absolute atomic E-state index is 9.98. The van der Waals surface area contributed by atoms with Gasteiger partial charge in [-0.15, -0.1) is 0 Å². The number of fused-ring (bicyclic) bond motifs is 1. The normalized spacial score (nSPS) is 36.6. The summed E-state index contributed by atoms with van der Waals surface area (Å²) in [6, 6.07) is 0. The second kappa shape index (κ2) is 2.37. The molecule has 1 nitrogen and oxygen atoms in total. The van der Waals surface area contributed by atoms with Crippen LogP contribution in [0.1, 0.15) is 27.7 Å². The van der Waals surface area contributed by atoms with Crippen molar-refractivity contribution in [2.45, 2.75) is 27.7 Å². The smallest absolute Gasteiger partial charge is 0.119 e. The molecule has 3 aliphatic rings. The Kier molecular flexibility index (Phi) is 1.47. The van der Waals surface area contributed by atoms with Crippen molar-refractivity contribution in [2.75, 3.05) is 0 Å². The number of hydrogen-bond acceptors (Lipinski definition) is 1. The van der Waals surface area contributed by atoms with Gasteiger partial charge < -0.3 is 5.11 Å². The van der Waals surface area contributed by atoms with Crippen LogP contribution in [0.3, 0.4) is 0 Å². The Morgan fingerprint density at radius 1 is 1.00 bits per heavy atom. The van der Waals surface area contributed by atoms with Crippen LogP contribution in [-0.4, -0.2) is 5.11 Å². The Morgan fingerprint density at radius 3 is 2.38 bits per heavy atom. The van der Waals surface area contributed by atoms with Gasteiger partial charge in [-0.3, -0.25) is 0 Å². The minimum Gasteiger partial charge on any atom is -0.508 e. The number of aliphatic hydroxyl groups is 1. The molecule has 0 radical (unpaired) electrons. The first-order valence-electron chi connectivity index (χ1n) is 5.87. The first-order valence-corrected chi connectivity index (χ1v) is 5.87. The van der Waals surface area contributed by atoms with Gasteiger partial charge in [0, 0.05) is 21.8 Å². The largest absolute Gasteiger partial charge is 0.508 e. The zero-order chi connectivity index (χ0) is 11.8. The van der Waals surface area contributed by atoms with Crippen LogP contribution >= 0.6 is 0 Å². The second-order valence-electron chi connectivity index (χ2n) is 6.24. The Labute approximate surface area is 96.9 Å². The van der Waals surface area contributed by atoms with Gasteiger partial charge in [-0.2, -0.15) is 0 Å². The average Bonchev–Trinajstić information content (AvgIpc) is 2.46. The van der Waals surface area contributed by atoms with E-state index in [2.05, 4.69) is 52.0 Å². The molecular formula is C15H18O. The van der Waals surface area contributed by atoms with Crippen LogP contribution in [0.15, 0.2) is 47.3 Å². The summed E-state index contributed by atoms with van der Waals surface area (Å²) in [5.74, 6) is 0.432. The molecule has 16 heavy (non-hydrogen) atoms. The van der Waals surface area contributed by atoms with Gasteiger partial charge in [-0.05, 0) is 11.6 Å². The molecule has 0 aromatic heterocycles. The van der Waals surface area contributed by atoms with Crippen LogP contribution in [0.25, 0.3) is 0 Å². The monoisotopic (exact) mass is 214 g/mol. The van der Waals surface area contributed by atoms with E-state index in [9.17, 15) is 5.11 Å². The molecule has 3 rings (SSSR count). The summed E-state index contributed by atoms with van der Waals surface area (Å²) < 4.78 is 0. The van der Waals surface area contributed by atoms with Crippen molar-refractivity contribution in [3.63, 3.8) is 0 Å². The highest BCUT2D eigenvalue weighted by Gasteiger charge is 2.58. The Morgan fingerprint density at radius 2 is 1.69 bits per heavy atom. The maximum Gasteiger partial charge on any atom is 0.119 e. The lowest BCUT2D eigenvalue weighted by atomic mass is 9.61. The standard InChI is InChI=1S/C15H18O/c1-13(2)7-8-15-6-5-11(16)10(9-12(13)15)14(15,3)4/h5-9,16H,1-4H3. The van der Waals surface area contributed by atoms with Crippen LogP contribution in [0.2, 0.25) is 0 Å². The molecule has 0 aromatic carbocycles. The molecule has 3 aliphatic carbocycles. The molecule has 0 aromatic rings. The number of allylic oxidation sites excluding steroid dienone is 7. The molecule has 0 saturated carbocycles. The molecule has 1 heteroatoms. The van der Waals surface area contributed by atoms with Crippen LogP contribution in [0, 0.1) is 16.2 Å². The van der Waals surface area contributed by atoms with Crippen LogP contribution in [0.5, 0.6) is 0 Å². The van der Waals surface area contributed by atoms with Crippen molar-refractivity contribution in [1.82, 2.24) is 0 Å². The number of aliphatic hydroxyl groups excluding tert-OH is 1. The van der Waals surface area contributed by atoms with Gasteiger partial charge >= 0.3 is 0 Å². The first kappa shape index (κ1) is 9.95. The van der Waals surface area contributed by atoms with E-state index in [1.165, 1.54) is 5.57 Å². The molecule has 1 spiro atoms. The molecule has 84 valence electrons. The fourth-order valence-corrected chi connectivity index (χ4v) is 3.50. The van der Waals surface area contributed by atoms with Gasteiger partial charge in [0.1, 0.15) is 5.76 Å². The Hall–Kier alpha value is -1.24. The predicted molar refractivity (Wildman–Crippen MR) is 66.0 cm³/mol. The number of hydrogen-bond donors (Lipinski definition) is 1. The predicted octanol–water partition coefficient (Wildman–Crippen LogP) is 3.92. The minimum atomic E-state index is -0.0224. The van der Waals surface area contributed by atoms with Gasteiger partial charge in [-0.1, -0.05) is 52.0 Å². The number of rotatable bonds is 0. The second-order valence-corrected chi connectivity index (χ2v) is 6.24. The molecule has 1 atom stereocenters. The molecule has 1 unspecified atom stereocenters. The minimum absolute atomic E-state index is 0.00192. The van der Waals surface area contributed by atoms with E-state index in [0.717, 1.165) is 5.57 Å². The topological polar surface area (TPSA) is 20.2 Å². The summed E-state index contributed by atoms with van der Waals surface area (Å²) in [6.07, 6.45) is 10.8. The summed E-state index contributed by atoms with van der Waals surface area (Å²) >= 11 is 0. The van der Waals surface area contributed by atoms with E-state index in [0.29, 0.717) is 5.76 Å². The van der Waals surface area contributed by atoms with Crippen molar-refractivity contribution in [3.05, 3.63) is 47.3 Å². The quantitative estimate of drug-likeness (QED) is 0.606. The lowest BCUT2D eigenvalue weighted by molar-refractivity contribution is 0.265. The van der Waals surface area contributed by atoms with Crippen LogP contribution < -0.4 is 0 Å². The molecule has 0 heterocycles. The molecule has 0 aliphatic heterocycles. The van der Waals surface area contributed by atoms with Crippen molar-refractivity contribution in [3.8, 4) is 0 Å². The lowest BCUT2D eigenvalue weighted by Crippen LogP contribution is -2.35. The molecule has 0 saturated heterocycles. The summed E-state index contributed by atoms with van der Waals surface area (Å²) in [5, 5.41) is 9.98. The third-order valence-electron chi connectivity index (χ3n) is 4.68. The van der Waals surface area contributed by atoms with Gasteiger partial charge in [0.05, 0.1) is 0 Å². The van der Waals surface area contributed by atoms with Crippen LogP contribution in [0.4, 0.5) is 0 Å². The lowest BCUT2D eigenvalue weighted by Gasteiger charge is -2.41. The van der Waals surface area contributed by atoms with Crippen molar-refractivity contribution in [1.29, 1.82) is 0 Å². The van der Waals surface area contributed by atoms with E-state index in [1.807, 2.05) is 6.08 Å². The summed E-state index contributed by atoms with van der Waals surface area (Å²) in [7, 11) is 0. The van der Waals surface area contributed by atoms with Gasteiger partial charge in [0.2, 0.25) is 0 Å². The Bertz CT molecular complexity index is 498. The Balaban J connectivity index is 2.33. The van der Waals surface area contributed by atoms with E-state index >= 15 is 0 Å². The highest BCUT2D eigenvalue weighted by molar-refractivity contribution is 5.61. The fraction of sp³-hybridized carbons (Fsp3) is 0.467. The molecule has 1 N–H and O–H groups in total. The molecule has 0 amide bonds. The molecule has 0 fully saturated rings. The van der Waals surface area contributed by atoms with Gasteiger partial charge in [0.15, 0.2) is 0 Å². The SMILES string of the molecule is CC1(C)C=CC23C=CC(O)=C(C=C12)C3(C)C. The fourth-order valence-electron chi connectivity index (χ4n) is 3.50. The highest BCUT2D eigenvalue weighted by atomic mass is 16.3. The average molecular weight is 214 g/mol. The maximum atomic E-state index is 9.98. The third-order valence-corrected chi connectivity index (χ3v) is 4.68. The van der Waals surface area contributed by atoms with Crippen molar-refractivity contribution in [2.24, 2.45) is 16.2 Å². The van der Waals surface area contributed by atoms with Gasteiger partial charge in [0.25, 0.3) is 0 Å².